The number of aromatic nitrogens is 1. The molecule has 1 fully saturated rings. The summed E-state index contributed by atoms with van der Waals surface area (Å²) in [5, 5.41) is 0. The number of carbonyl (C=O) groups excluding carboxylic acids is 3. The zero-order valence-electron chi connectivity index (χ0n) is 18.6. The van der Waals surface area contributed by atoms with Crippen molar-refractivity contribution in [3.8, 4) is 0 Å². The van der Waals surface area contributed by atoms with Crippen molar-refractivity contribution in [2.24, 2.45) is 0 Å². The van der Waals surface area contributed by atoms with Crippen molar-refractivity contribution in [1.82, 2.24) is 9.47 Å². The van der Waals surface area contributed by atoms with Gasteiger partial charge in [-0.15, -0.1) is 0 Å². The van der Waals surface area contributed by atoms with E-state index >= 15 is 0 Å². The molecule has 2 aromatic heterocycles. The Bertz CT molecular complexity index is 938. The third kappa shape index (κ3) is 4.74. The molecule has 1 aliphatic heterocycles. The Labute approximate surface area is 182 Å². The maximum absolute atomic E-state index is 13.4. The van der Waals surface area contributed by atoms with Crippen LogP contribution in [0.3, 0.4) is 0 Å². The van der Waals surface area contributed by atoms with Gasteiger partial charge < -0.3 is 23.4 Å². The Kier molecular flexibility index (Phi) is 7.33. The first-order valence-corrected chi connectivity index (χ1v) is 10.7. The van der Waals surface area contributed by atoms with Crippen LogP contribution in [0, 0.1) is 13.8 Å². The van der Waals surface area contributed by atoms with Crippen molar-refractivity contribution in [1.29, 1.82) is 0 Å². The van der Waals surface area contributed by atoms with Crippen LogP contribution in [0.15, 0.2) is 22.8 Å². The molecule has 0 N–H and O–H groups in total. The second kappa shape index (κ2) is 9.96. The zero-order valence-corrected chi connectivity index (χ0v) is 18.6. The molecule has 0 aromatic carbocycles. The van der Waals surface area contributed by atoms with Crippen LogP contribution in [0.2, 0.25) is 0 Å². The van der Waals surface area contributed by atoms with Crippen LogP contribution < -0.4 is 0 Å². The van der Waals surface area contributed by atoms with E-state index < -0.39 is 5.97 Å². The normalized spacial score (nSPS) is 15.8. The van der Waals surface area contributed by atoms with Gasteiger partial charge in [-0.05, 0) is 58.2 Å². The molecule has 0 spiro atoms. The van der Waals surface area contributed by atoms with E-state index in [1.807, 2.05) is 13.8 Å². The second-order valence-corrected chi connectivity index (χ2v) is 7.62. The third-order valence-corrected chi connectivity index (χ3v) is 5.63. The van der Waals surface area contributed by atoms with Gasteiger partial charge in [0.1, 0.15) is 5.69 Å². The summed E-state index contributed by atoms with van der Waals surface area (Å²) in [5.41, 5.74) is 2.10. The number of Topliss-reactive ketones (excluding diaryl/α,β-unsaturated/α-hetero) is 1. The predicted octanol–water partition coefficient (Wildman–Crippen LogP) is 3.40. The van der Waals surface area contributed by atoms with Crippen molar-refractivity contribution >= 4 is 17.7 Å². The number of furan rings is 1. The summed E-state index contributed by atoms with van der Waals surface area (Å²) in [4.78, 5) is 40.4. The first kappa shape index (κ1) is 22.8. The van der Waals surface area contributed by atoms with Crippen LogP contribution in [-0.2, 0) is 16.0 Å². The first-order valence-electron chi connectivity index (χ1n) is 10.7. The van der Waals surface area contributed by atoms with Gasteiger partial charge in [0.25, 0.3) is 5.91 Å². The van der Waals surface area contributed by atoms with Crippen LogP contribution in [0.5, 0.6) is 0 Å². The molecule has 3 rings (SSSR count). The summed E-state index contributed by atoms with van der Waals surface area (Å²) >= 11 is 0. The Morgan fingerprint density at radius 3 is 2.61 bits per heavy atom. The van der Waals surface area contributed by atoms with E-state index in [-0.39, 0.29) is 36.7 Å². The fourth-order valence-electron chi connectivity index (χ4n) is 4.23. The molecular formula is C23H30N2O6. The van der Waals surface area contributed by atoms with Crippen molar-refractivity contribution in [2.75, 3.05) is 26.3 Å². The summed E-state index contributed by atoms with van der Waals surface area (Å²) in [6.45, 7) is 8.83. The van der Waals surface area contributed by atoms with Gasteiger partial charge in [-0.25, -0.2) is 4.79 Å². The molecule has 168 valence electrons. The molecule has 0 saturated carbocycles. The van der Waals surface area contributed by atoms with Crippen LogP contribution in [0.1, 0.15) is 69.3 Å². The minimum atomic E-state index is -0.452. The third-order valence-electron chi connectivity index (χ3n) is 5.63. The summed E-state index contributed by atoms with van der Waals surface area (Å²) in [5.74, 6) is -0.861. The van der Waals surface area contributed by atoms with E-state index in [0.29, 0.717) is 42.2 Å². The van der Waals surface area contributed by atoms with Gasteiger partial charge in [0.05, 0.1) is 25.5 Å². The van der Waals surface area contributed by atoms with Crippen molar-refractivity contribution < 1.29 is 28.3 Å². The highest BCUT2D eigenvalue weighted by molar-refractivity contribution is 6.05. The van der Waals surface area contributed by atoms with Crippen LogP contribution in [0.25, 0.3) is 0 Å². The largest absolute Gasteiger partial charge is 0.461 e. The van der Waals surface area contributed by atoms with Crippen LogP contribution in [0.4, 0.5) is 0 Å². The Balaban J connectivity index is 1.90. The van der Waals surface area contributed by atoms with Crippen molar-refractivity contribution in [2.45, 2.75) is 53.2 Å². The SMILES string of the molecule is CCOC(=O)c1c(C)c(C(=O)CN(C[C@@H]2CCCO2)C(=O)c2ccco2)c(C)n1CC. The Morgan fingerprint density at radius 2 is 2.03 bits per heavy atom. The topological polar surface area (TPSA) is 91.0 Å². The maximum Gasteiger partial charge on any atom is 0.355 e. The minimum Gasteiger partial charge on any atom is -0.461 e. The van der Waals surface area contributed by atoms with Gasteiger partial charge in [0.15, 0.2) is 11.5 Å². The van der Waals surface area contributed by atoms with E-state index in [0.717, 1.165) is 12.8 Å². The lowest BCUT2D eigenvalue weighted by Crippen LogP contribution is -2.40. The van der Waals surface area contributed by atoms with E-state index in [1.54, 1.807) is 30.5 Å². The minimum absolute atomic E-state index is 0.107. The molecule has 1 saturated heterocycles. The highest BCUT2D eigenvalue weighted by atomic mass is 16.5. The average Bonchev–Trinajstić information content (AvgIpc) is 3.48. The van der Waals surface area contributed by atoms with Gasteiger partial charge in [0, 0.05) is 31.0 Å². The number of rotatable bonds is 9. The van der Waals surface area contributed by atoms with Gasteiger partial charge in [0.2, 0.25) is 0 Å². The number of ether oxygens (including phenoxy) is 2. The molecule has 2 aromatic rings. The molecule has 0 radical (unpaired) electrons. The molecule has 1 amide bonds. The number of nitrogens with zero attached hydrogens (tertiary/aromatic N) is 2. The maximum atomic E-state index is 13.4. The zero-order chi connectivity index (χ0) is 22.5. The number of amides is 1. The molecule has 8 heteroatoms. The lowest BCUT2D eigenvalue weighted by atomic mass is 10.0. The van der Waals surface area contributed by atoms with Crippen LogP contribution >= 0.6 is 0 Å². The Morgan fingerprint density at radius 1 is 1.26 bits per heavy atom. The fraction of sp³-hybridized carbons (Fsp3) is 0.522. The van der Waals surface area contributed by atoms with E-state index in [4.69, 9.17) is 13.9 Å². The Hall–Kier alpha value is -2.87. The molecule has 0 bridgehead atoms. The van der Waals surface area contributed by atoms with Crippen molar-refractivity contribution in [3.05, 3.63) is 46.7 Å². The van der Waals surface area contributed by atoms with Gasteiger partial charge in [-0.2, -0.15) is 0 Å². The summed E-state index contributed by atoms with van der Waals surface area (Å²) in [7, 11) is 0. The van der Waals surface area contributed by atoms with Crippen molar-refractivity contribution in [3.63, 3.8) is 0 Å². The highest BCUT2D eigenvalue weighted by Gasteiger charge is 2.31. The summed E-state index contributed by atoms with van der Waals surface area (Å²) < 4.78 is 17.9. The van der Waals surface area contributed by atoms with Gasteiger partial charge in [-0.1, -0.05) is 0 Å². The smallest absolute Gasteiger partial charge is 0.355 e. The molecule has 31 heavy (non-hydrogen) atoms. The molecule has 8 nitrogen and oxygen atoms in total. The highest BCUT2D eigenvalue weighted by Crippen LogP contribution is 2.25. The lowest BCUT2D eigenvalue weighted by molar-refractivity contribution is 0.0485. The molecule has 1 aliphatic rings. The monoisotopic (exact) mass is 430 g/mol. The molecule has 0 unspecified atom stereocenters. The van der Waals surface area contributed by atoms with Gasteiger partial charge >= 0.3 is 5.97 Å². The quantitative estimate of drug-likeness (QED) is 0.447. The molecule has 0 aliphatic carbocycles. The van der Waals surface area contributed by atoms with E-state index in [9.17, 15) is 14.4 Å². The lowest BCUT2D eigenvalue weighted by Gasteiger charge is -2.24. The molecule has 3 heterocycles. The number of esters is 1. The average molecular weight is 431 g/mol. The summed E-state index contributed by atoms with van der Waals surface area (Å²) in [6.07, 6.45) is 3.10. The number of ketones is 1. The number of hydrogen-bond donors (Lipinski definition) is 0. The van der Waals surface area contributed by atoms with E-state index in [2.05, 4.69) is 0 Å². The molecular weight excluding hydrogens is 400 g/mol. The fourth-order valence-corrected chi connectivity index (χ4v) is 4.23. The van der Waals surface area contributed by atoms with E-state index in [1.165, 1.54) is 11.2 Å². The predicted molar refractivity (Wildman–Crippen MR) is 113 cm³/mol. The summed E-state index contributed by atoms with van der Waals surface area (Å²) in [6, 6.07) is 3.22. The van der Waals surface area contributed by atoms with Gasteiger partial charge in [-0.3, -0.25) is 9.59 Å². The first-order chi connectivity index (χ1) is 14.9. The van der Waals surface area contributed by atoms with Crippen LogP contribution in [-0.4, -0.2) is 59.5 Å². The number of hydrogen-bond acceptors (Lipinski definition) is 6. The second-order valence-electron chi connectivity index (χ2n) is 7.62. The standard InChI is InChI=1S/C23H30N2O6/c1-5-25-16(4)20(15(3)21(25)23(28)29-6-2)18(26)14-24(13-17-9-7-11-30-17)22(27)19-10-8-12-31-19/h8,10,12,17H,5-7,9,11,13-14H2,1-4H3/t17-/m0/s1. The molecule has 1 atom stereocenters. The number of carbonyl (C=O) groups is 3.